The fourth-order valence-corrected chi connectivity index (χ4v) is 4.49. The molecule has 4 rings (SSSR count). The zero-order valence-corrected chi connectivity index (χ0v) is 18.4. The van der Waals surface area contributed by atoms with Crippen molar-refractivity contribution in [3.63, 3.8) is 0 Å². The summed E-state index contributed by atoms with van der Waals surface area (Å²) in [5.74, 6) is 1.32. The van der Waals surface area contributed by atoms with Crippen molar-refractivity contribution in [1.29, 1.82) is 0 Å². The Bertz CT molecular complexity index is 1200. The van der Waals surface area contributed by atoms with Crippen molar-refractivity contribution in [2.75, 3.05) is 24.2 Å². The van der Waals surface area contributed by atoms with E-state index in [1.54, 1.807) is 24.3 Å². The molecule has 1 aromatic carbocycles. The van der Waals surface area contributed by atoms with Crippen molar-refractivity contribution in [2.24, 2.45) is 0 Å². The summed E-state index contributed by atoms with van der Waals surface area (Å²) < 4.78 is 65.4. The predicted molar refractivity (Wildman–Crippen MR) is 111 cm³/mol. The minimum absolute atomic E-state index is 0.209. The van der Waals surface area contributed by atoms with Gasteiger partial charge in [0.05, 0.1) is 17.5 Å². The van der Waals surface area contributed by atoms with Crippen LogP contribution in [0.15, 0.2) is 41.4 Å². The second-order valence-electron chi connectivity index (χ2n) is 7.97. The molecule has 3 aromatic rings. The summed E-state index contributed by atoms with van der Waals surface area (Å²) in [6, 6.07) is 7.42. The van der Waals surface area contributed by atoms with Gasteiger partial charge in [0.2, 0.25) is 5.95 Å². The molecule has 8 nitrogen and oxygen atoms in total. The van der Waals surface area contributed by atoms with E-state index in [9.17, 15) is 21.6 Å². The molecule has 1 aliphatic rings. The number of alkyl halides is 3. The molecular formula is C20H23F3N6O2S. The van der Waals surface area contributed by atoms with Crippen molar-refractivity contribution in [1.82, 2.24) is 24.5 Å². The van der Waals surface area contributed by atoms with E-state index in [-0.39, 0.29) is 10.9 Å². The first kappa shape index (κ1) is 22.3. The van der Waals surface area contributed by atoms with Crippen LogP contribution in [0.5, 0.6) is 0 Å². The average molecular weight is 469 g/mol. The maximum atomic E-state index is 12.9. The first-order chi connectivity index (χ1) is 15.0. The molecule has 0 amide bonds. The first-order valence-electron chi connectivity index (χ1n) is 10.1. The molecular weight excluding hydrogens is 445 g/mol. The van der Waals surface area contributed by atoms with E-state index < -0.39 is 21.7 Å². The van der Waals surface area contributed by atoms with Crippen LogP contribution in [0.25, 0.3) is 0 Å². The number of hydrogen-bond donors (Lipinski definition) is 0. The third-order valence-corrected chi connectivity index (χ3v) is 6.69. The van der Waals surface area contributed by atoms with Gasteiger partial charge in [0, 0.05) is 25.5 Å². The van der Waals surface area contributed by atoms with Crippen molar-refractivity contribution < 1.29 is 21.6 Å². The minimum Gasteiger partial charge on any atom is -0.339 e. The second-order valence-corrected chi connectivity index (χ2v) is 9.99. The molecule has 1 atom stereocenters. The SMILES string of the molecule is Cc1nnc(N2CCCC(n3ccc(C(F)(F)F)n3)C2)n1Cc1ccc(S(C)(=O)=O)cc1. The molecule has 0 saturated carbocycles. The highest BCUT2D eigenvalue weighted by Crippen LogP contribution is 2.30. The third kappa shape index (κ3) is 4.64. The van der Waals surface area contributed by atoms with Gasteiger partial charge in [0.25, 0.3) is 0 Å². The molecule has 0 bridgehead atoms. The van der Waals surface area contributed by atoms with E-state index in [1.807, 2.05) is 16.4 Å². The van der Waals surface area contributed by atoms with Gasteiger partial charge in [-0.2, -0.15) is 18.3 Å². The number of hydrogen-bond acceptors (Lipinski definition) is 6. The second kappa shape index (κ2) is 8.23. The van der Waals surface area contributed by atoms with Gasteiger partial charge >= 0.3 is 6.18 Å². The van der Waals surface area contributed by atoms with Crippen LogP contribution in [0.4, 0.5) is 19.1 Å². The molecule has 1 unspecified atom stereocenters. The Morgan fingerprint density at radius 1 is 1.12 bits per heavy atom. The van der Waals surface area contributed by atoms with Gasteiger partial charge < -0.3 is 4.90 Å². The predicted octanol–water partition coefficient (Wildman–Crippen LogP) is 3.10. The van der Waals surface area contributed by atoms with Crippen LogP contribution < -0.4 is 4.90 Å². The fraction of sp³-hybridized carbons (Fsp3) is 0.450. The van der Waals surface area contributed by atoms with E-state index >= 15 is 0 Å². The number of aryl methyl sites for hydroxylation is 1. The normalized spacial score (nSPS) is 17.7. The number of sulfone groups is 1. The summed E-state index contributed by atoms with van der Waals surface area (Å²) >= 11 is 0. The number of nitrogens with zero attached hydrogens (tertiary/aromatic N) is 6. The standard InChI is InChI=1S/C20H23F3N6O2S/c1-14-24-25-19(28(14)12-15-5-7-17(8-6-15)32(2,30)31)27-10-3-4-16(13-27)29-11-9-18(26-29)20(21,22)23/h5-9,11,16H,3-4,10,12-13H2,1-2H3. The van der Waals surface area contributed by atoms with Gasteiger partial charge in [-0.15, -0.1) is 10.2 Å². The Morgan fingerprint density at radius 2 is 1.84 bits per heavy atom. The van der Waals surface area contributed by atoms with E-state index in [2.05, 4.69) is 15.3 Å². The molecule has 32 heavy (non-hydrogen) atoms. The molecule has 2 aromatic heterocycles. The summed E-state index contributed by atoms with van der Waals surface area (Å²) in [6.45, 7) is 3.43. The fourth-order valence-electron chi connectivity index (χ4n) is 3.86. The summed E-state index contributed by atoms with van der Waals surface area (Å²) in [7, 11) is -3.27. The van der Waals surface area contributed by atoms with Crippen LogP contribution in [-0.4, -0.2) is 52.3 Å². The van der Waals surface area contributed by atoms with Gasteiger partial charge in [-0.25, -0.2) is 8.42 Å². The molecule has 172 valence electrons. The van der Waals surface area contributed by atoms with Crippen molar-refractivity contribution >= 4 is 15.8 Å². The Hall–Kier alpha value is -2.89. The monoisotopic (exact) mass is 468 g/mol. The Kier molecular flexibility index (Phi) is 5.74. The molecule has 12 heteroatoms. The Balaban J connectivity index is 1.54. The topological polar surface area (TPSA) is 85.9 Å². The van der Waals surface area contributed by atoms with Crippen LogP contribution >= 0.6 is 0 Å². The molecule has 0 spiro atoms. The third-order valence-electron chi connectivity index (χ3n) is 5.56. The first-order valence-corrected chi connectivity index (χ1v) is 12.0. The lowest BCUT2D eigenvalue weighted by atomic mass is 10.1. The maximum absolute atomic E-state index is 12.9. The van der Waals surface area contributed by atoms with Crippen molar-refractivity contribution in [2.45, 2.75) is 43.4 Å². The summed E-state index contributed by atoms with van der Waals surface area (Å²) in [5.41, 5.74) is -0.0109. The van der Waals surface area contributed by atoms with E-state index in [1.165, 1.54) is 10.9 Å². The molecule has 0 N–H and O–H groups in total. The van der Waals surface area contributed by atoms with Crippen molar-refractivity contribution in [3.05, 3.63) is 53.6 Å². The van der Waals surface area contributed by atoms with Gasteiger partial charge in [-0.05, 0) is 43.5 Å². The summed E-state index contributed by atoms with van der Waals surface area (Å²) in [6.07, 6.45) is -0.440. The minimum atomic E-state index is -4.47. The quantitative estimate of drug-likeness (QED) is 0.572. The lowest BCUT2D eigenvalue weighted by Gasteiger charge is -2.33. The highest BCUT2D eigenvalue weighted by atomic mass is 32.2. The zero-order chi connectivity index (χ0) is 23.1. The van der Waals surface area contributed by atoms with Gasteiger partial charge in [0.1, 0.15) is 5.82 Å². The number of halogens is 3. The Morgan fingerprint density at radius 3 is 2.47 bits per heavy atom. The average Bonchev–Trinajstić information content (AvgIpc) is 3.36. The molecule has 0 aliphatic carbocycles. The van der Waals surface area contributed by atoms with Crippen LogP contribution in [-0.2, 0) is 22.6 Å². The number of benzene rings is 1. The van der Waals surface area contributed by atoms with Gasteiger partial charge in [-0.1, -0.05) is 12.1 Å². The van der Waals surface area contributed by atoms with Gasteiger partial charge in [-0.3, -0.25) is 9.25 Å². The summed E-state index contributed by atoms with van der Waals surface area (Å²) in [5, 5.41) is 12.2. The molecule has 3 heterocycles. The highest BCUT2D eigenvalue weighted by molar-refractivity contribution is 7.90. The number of rotatable bonds is 5. The zero-order valence-electron chi connectivity index (χ0n) is 17.6. The van der Waals surface area contributed by atoms with Crippen LogP contribution in [0.3, 0.4) is 0 Å². The molecule has 1 saturated heterocycles. The molecule has 0 radical (unpaired) electrons. The lowest BCUT2D eigenvalue weighted by molar-refractivity contribution is -0.141. The number of anilines is 1. The smallest absolute Gasteiger partial charge is 0.339 e. The number of piperidine rings is 1. The van der Waals surface area contributed by atoms with Gasteiger partial charge in [0.15, 0.2) is 15.5 Å². The Labute approximate surface area is 183 Å². The maximum Gasteiger partial charge on any atom is 0.435 e. The highest BCUT2D eigenvalue weighted by Gasteiger charge is 2.35. The van der Waals surface area contributed by atoms with E-state index in [0.717, 1.165) is 30.7 Å². The van der Waals surface area contributed by atoms with Crippen molar-refractivity contribution in [3.8, 4) is 0 Å². The van der Waals surface area contributed by atoms with Crippen LogP contribution in [0.2, 0.25) is 0 Å². The van der Waals surface area contributed by atoms with E-state index in [0.29, 0.717) is 31.4 Å². The van der Waals surface area contributed by atoms with Crippen LogP contribution in [0.1, 0.15) is 36.0 Å². The largest absolute Gasteiger partial charge is 0.435 e. The van der Waals surface area contributed by atoms with E-state index in [4.69, 9.17) is 0 Å². The molecule has 1 aliphatic heterocycles. The summed E-state index contributed by atoms with van der Waals surface area (Å²) in [4.78, 5) is 2.26. The number of aromatic nitrogens is 5. The molecule has 1 fully saturated rings. The van der Waals surface area contributed by atoms with Crippen LogP contribution in [0, 0.1) is 6.92 Å². The lowest BCUT2D eigenvalue weighted by Crippen LogP contribution is -2.38.